The van der Waals surface area contributed by atoms with Gasteiger partial charge in [-0.1, -0.05) is 11.3 Å². The maximum Gasteiger partial charge on any atom is 0.240 e. The van der Waals surface area contributed by atoms with Gasteiger partial charge in [0.05, 0.1) is 0 Å². The summed E-state index contributed by atoms with van der Waals surface area (Å²) in [5.74, 6) is -3.44. The number of anilines is 3. The normalized spacial score (nSPS) is 11.8. The first-order valence-corrected chi connectivity index (χ1v) is 9.14. The molecule has 0 saturated carbocycles. The van der Waals surface area contributed by atoms with E-state index in [4.69, 9.17) is 11.5 Å². The highest BCUT2D eigenvalue weighted by molar-refractivity contribution is 7.18. The number of nitrogens with zero attached hydrogens (tertiary/aromatic N) is 2. The summed E-state index contributed by atoms with van der Waals surface area (Å²) < 4.78 is 27.1. The Morgan fingerprint density at radius 1 is 1.14 bits per heavy atom. The van der Waals surface area contributed by atoms with Crippen LogP contribution in [0.25, 0.3) is 0 Å². The molecular formula is C19H16F2N4O3S. The molecule has 1 heterocycles. The van der Waals surface area contributed by atoms with Crippen molar-refractivity contribution in [3.63, 3.8) is 0 Å². The number of benzene rings is 2. The molecule has 5 N–H and O–H groups in total. The minimum absolute atomic E-state index is 0.000639. The summed E-state index contributed by atoms with van der Waals surface area (Å²) in [6.07, 6.45) is 0. The molecule has 0 aliphatic rings. The first-order valence-electron chi connectivity index (χ1n) is 8.32. The molecule has 1 aromatic heterocycles. The lowest BCUT2D eigenvalue weighted by Gasteiger charge is -2.26. The van der Waals surface area contributed by atoms with Crippen molar-refractivity contribution in [3.05, 3.63) is 64.5 Å². The Labute approximate surface area is 168 Å². The average molecular weight is 418 g/mol. The van der Waals surface area contributed by atoms with Crippen LogP contribution in [0.15, 0.2) is 42.5 Å². The molecule has 0 aliphatic carbocycles. The van der Waals surface area contributed by atoms with Gasteiger partial charge in [0.2, 0.25) is 11.7 Å². The highest BCUT2D eigenvalue weighted by atomic mass is 32.1. The summed E-state index contributed by atoms with van der Waals surface area (Å²) in [6, 6.07) is 7.64. The van der Waals surface area contributed by atoms with Crippen LogP contribution in [-0.4, -0.2) is 27.8 Å². The van der Waals surface area contributed by atoms with Crippen molar-refractivity contribution in [3.8, 4) is 5.75 Å². The fourth-order valence-corrected chi connectivity index (χ4v) is 3.64. The van der Waals surface area contributed by atoms with E-state index in [1.54, 1.807) is 0 Å². The lowest BCUT2D eigenvalue weighted by Crippen LogP contribution is -2.40. The number of thiazole rings is 1. The zero-order valence-corrected chi connectivity index (χ0v) is 15.9. The van der Waals surface area contributed by atoms with Gasteiger partial charge in [0.1, 0.15) is 22.5 Å². The number of amides is 1. The Morgan fingerprint density at radius 2 is 1.79 bits per heavy atom. The average Bonchev–Trinajstić information content (AvgIpc) is 3.05. The molecule has 7 nitrogen and oxygen atoms in total. The Balaban J connectivity index is 2.06. The third kappa shape index (κ3) is 4.02. The lowest BCUT2D eigenvalue weighted by molar-refractivity contribution is -0.118. The Morgan fingerprint density at radius 3 is 2.38 bits per heavy atom. The monoisotopic (exact) mass is 418 g/mol. The molecule has 3 aromatic rings. The summed E-state index contributed by atoms with van der Waals surface area (Å²) in [7, 11) is 0. The van der Waals surface area contributed by atoms with Crippen LogP contribution in [0, 0.1) is 11.6 Å². The van der Waals surface area contributed by atoms with Gasteiger partial charge in [-0.2, -0.15) is 0 Å². The van der Waals surface area contributed by atoms with Gasteiger partial charge in [0.15, 0.2) is 16.8 Å². The van der Waals surface area contributed by atoms with Gasteiger partial charge in [-0.15, -0.1) is 0 Å². The van der Waals surface area contributed by atoms with Crippen molar-refractivity contribution in [1.29, 1.82) is 0 Å². The van der Waals surface area contributed by atoms with Crippen molar-refractivity contribution in [2.45, 2.75) is 13.0 Å². The Bertz CT molecular complexity index is 1090. The molecule has 10 heteroatoms. The molecule has 0 fully saturated rings. The second-order valence-electron chi connectivity index (χ2n) is 6.13. The van der Waals surface area contributed by atoms with E-state index >= 15 is 0 Å². The smallest absolute Gasteiger partial charge is 0.240 e. The molecular weight excluding hydrogens is 402 g/mol. The zero-order valence-electron chi connectivity index (χ0n) is 15.1. The quantitative estimate of drug-likeness (QED) is 0.529. The number of rotatable bonds is 6. The highest BCUT2D eigenvalue weighted by Crippen LogP contribution is 2.36. The third-order valence-electron chi connectivity index (χ3n) is 4.16. The number of halogens is 2. The molecule has 0 aliphatic heterocycles. The van der Waals surface area contributed by atoms with Gasteiger partial charge in [-0.05, 0) is 43.3 Å². The van der Waals surface area contributed by atoms with Crippen LogP contribution in [0.1, 0.15) is 22.2 Å². The number of ketones is 1. The molecule has 150 valence electrons. The van der Waals surface area contributed by atoms with Gasteiger partial charge in [0.25, 0.3) is 0 Å². The topological polar surface area (TPSA) is 123 Å². The SMILES string of the molecule is C[C@@H](C(N)=O)N(c1ccc(F)c(F)c1)c1nc(N)c(C(=O)c2ccc(O)cc2)s1. The molecule has 0 radical (unpaired) electrons. The van der Waals surface area contributed by atoms with E-state index in [0.29, 0.717) is 0 Å². The van der Waals surface area contributed by atoms with Crippen molar-refractivity contribution in [1.82, 2.24) is 4.98 Å². The van der Waals surface area contributed by atoms with Gasteiger partial charge >= 0.3 is 0 Å². The maximum absolute atomic E-state index is 13.8. The number of carbonyl (C=O) groups excluding carboxylic acids is 2. The maximum atomic E-state index is 13.8. The van der Waals surface area contributed by atoms with E-state index in [2.05, 4.69) is 4.98 Å². The summed E-state index contributed by atoms with van der Waals surface area (Å²) >= 11 is 0.879. The van der Waals surface area contributed by atoms with Crippen LogP contribution in [0.4, 0.5) is 25.4 Å². The van der Waals surface area contributed by atoms with Gasteiger partial charge in [0, 0.05) is 17.3 Å². The zero-order chi connectivity index (χ0) is 21.3. The minimum Gasteiger partial charge on any atom is -0.508 e. The van der Waals surface area contributed by atoms with E-state index < -0.39 is 29.4 Å². The summed E-state index contributed by atoms with van der Waals surface area (Å²) in [6.45, 7) is 1.46. The number of phenolic OH excluding ortho intramolecular Hbond substituents is 1. The van der Waals surface area contributed by atoms with Crippen molar-refractivity contribution in [2.24, 2.45) is 5.73 Å². The van der Waals surface area contributed by atoms with Crippen LogP contribution < -0.4 is 16.4 Å². The van der Waals surface area contributed by atoms with Gasteiger partial charge in [-0.25, -0.2) is 13.8 Å². The number of nitrogens with two attached hydrogens (primary N) is 2. The van der Waals surface area contributed by atoms with Crippen LogP contribution in [0.3, 0.4) is 0 Å². The predicted octanol–water partition coefficient (Wildman–Crippen LogP) is 2.95. The molecule has 2 aromatic carbocycles. The van der Waals surface area contributed by atoms with E-state index in [1.807, 2.05) is 0 Å². The molecule has 1 amide bonds. The number of phenols is 1. The number of aromatic nitrogens is 1. The van der Waals surface area contributed by atoms with Crippen LogP contribution in [0.5, 0.6) is 5.75 Å². The largest absolute Gasteiger partial charge is 0.508 e. The van der Waals surface area contributed by atoms with E-state index in [-0.39, 0.29) is 32.8 Å². The van der Waals surface area contributed by atoms with Gasteiger partial charge < -0.3 is 21.5 Å². The standard InChI is InChI=1S/C19H16F2N4O3S/c1-9(18(23)28)25(11-4-7-13(20)14(21)8-11)19-24-17(22)16(29-19)15(27)10-2-5-12(26)6-3-10/h2-9,26H,22H2,1H3,(H2,23,28)/t9-/m0/s1. The first-order chi connectivity index (χ1) is 13.7. The molecule has 0 spiro atoms. The van der Waals surface area contributed by atoms with E-state index in [0.717, 1.165) is 23.5 Å². The lowest BCUT2D eigenvalue weighted by atomic mass is 10.1. The molecule has 29 heavy (non-hydrogen) atoms. The third-order valence-corrected chi connectivity index (χ3v) is 5.23. The Kier molecular flexibility index (Phi) is 5.46. The molecule has 1 atom stereocenters. The molecule has 0 saturated heterocycles. The van der Waals surface area contributed by atoms with E-state index in [1.165, 1.54) is 42.2 Å². The fourth-order valence-electron chi connectivity index (χ4n) is 2.59. The summed E-state index contributed by atoms with van der Waals surface area (Å²) in [5.41, 5.74) is 11.7. The van der Waals surface area contributed by atoms with Crippen LogP contribution in [-0.2, 0) is 4.79 Å². The second-order valence-corrected chi connectivity index (χ2v) is 7.11. The number of nitrogen functional groups attached to an aromatic ring is 1. The predicted molar refractivity (Wildman–Crippen MR) is 105 cm³/mol. The molecule has 3 rings (SSSR count). The van der Waals surface area contributed by atoms with Crippen LogP contribution in [0.2, 0.25) is 0 Å². The fraction of sp³-hybridized carbons (Fsp3) is 0.105. The Hall–Kier alpha value is -3.53. The summed E-state index contributed by atoms with van der Waals surface area (Å²) in [5, 5.41) is 9.48. The summed E-state index contributed by atoms with van der Waals surface area (Å²) in [4.78, 5) is 30.0. The minimum atomic E-state index is -1.12. The van der Waals surface area contributed by atoms with Crippen LogP contribution >= 0.6 is 11.3 Å². The van der Waals surface area contributed by atoms with Gasteiger partial charge in [-0.3, -0.25) is 9.59 Å². The van der Waals surface area contributed by atoms with Crippen molar-refractivity contribution < 1.29 is 23.5 Å². The van der Waals surface area contributed by atoms with Crippen molar-refractivity contribution in [2.75, 3.05) is 10.6 Å². The molecule has 0 bridgehead atoms. The number of primary amides is 1. The number of carbonyl (C=O) groups is 2. The first kappa shape index (κ1) is 20.2. The number of aromatic hydroxyl groups is 1. The number of hydrogen-bond acceptors (Lipinski definition) is 7. The van der Waals surface area contributed by atoms with Crippen molar-refractivity contribution >= 4 is 39.7 Å². The highest BCUT2D eigenvalue weighted by Gasteiger charge is 2.28. The number of hydrogen-bond donors (Lipinski definition) is 3. The molecule has 0 unspecified atom stereocenters. The second kappa shape index (κ2) is 7.84. The van der Waals surface area contributed by atoms with E-state index in [9.17, 15) is 23.5 Å².